The van der Waals surface area contributed by atoms with Crippen molar-refractivity contribution in [3.05, 3.63) is 52.5 Å². The molecular weight excluding hydrogens is 508 g/mol. The summed E-state index contributed by atoms with van der Waals surface area (Å²) in [5.74, 6) is -0.750. The molecule has 0 fully saturated rings. The fraction of sp³-hybridized carbons (Fsp3) is 0.300. The van der Waals surface area contributed by atoms with Gasteiger partial charge in [0.25, 0.3) is 0 Å². The summed E-state index contributed by atoms with van der Waals surface area (Å²) < 4.78 is 79.6. The van der Waals surface area contributed by atoms with Gasteiger partial charge < -0.3 is 25.8 Å². The van der Waals surface area contributed by atoms with Crippen molar-refractivity contribution in [3.63, 3.8) is 0 Å². The fourth-order valence-corrected chi connectivity index (χ4v) is 3.11. The lowest BCUT2D eigenvalue weighted by atomic mass is 9.99. The highest BCUT2D eigenvalue weighted by Gasteiger charge is 2.32. The molecule has 2 aromatic rings. The van der Waals surface area contributed by atoms with Crippen LogP contribution >= 0.6 is 15.9 Å². The average molecular weight is 528 g/mol. The number of hydrogen-bond donors (Lipinski definition) is 2. The zero-order chi connectivity index (χ0) is 24.1. The van der Waals surface area contributed by atoms with Crippen molar-refractivity contribution in [2.24, 2.45) is 0 Å². The van der Waals surface area contributed by atoms with E-state index in [4.69, 9.17) is 11.5 Å². The maximum Gasteiger partial charge on any atom is 0.573 e. The highest BCUT2D eigenvalue weighted by molar-refractivity contribution is 9.10. The van der Waals surface area contributed by atoms with Crippen LogP contribution in [0.25, 0.3) is 5.57 Å². The summed E-state index contributed by atoms with van der Waals surface area (Å²) >= 11 is 3.06. The van der Waals surface area contributed by atoms with Crippen LogP contribution in [0.3, 0.4) is 0 Å². The molecule has 0 spiro atoms. The zero-order valence-corrected chi connectivity index (χ0v) is 18.3. The molecular formula is C20H20BrF6N3O2. The number of anilines is 2. The summed E-state index contributed by atoms with van der Waals surface area (Å²) in [5, 5.41) is 0. The van der Waals surface area contributed by atoms with Gasteiger partial charge in [0, 0.05) is 17.6 Å². The van der Waals surface area contributed by atoms with E-state index in [9.17, 15) is 26.3 Å². The molecule has 0 atom stereocenters. The Balaban J connectivity index is 0.000000244. The van der Waals surface area contributed by atoms with E-state index < -0.39 is 18.5 Å². The number of benzene rings is 2. The number of rotatable bonds is 3. The van der Waals surface area contributed by atoms with Crippen molar-refractivity contribution in [2.45, 2.75) is 19.1 Å². The van der Waals surface area contributed by atoms with Gasteiger partial charge in [-0.25, -0.2) is 0 Å². The van der Waals surface area contributed by atoms with Crippen LogP contribution in [0, 0.1) is 0 Å². The fourth-order valence-electron chi connectivity index (χ4n) is 2.74. The predicted molar refractivity (Wildman–Crippen MR) is 113 cm³/mol. The number of hydrogen-bond acceptors (Lipinski definition) is 5. The molecule has 0 bridgehead atoms. The van der Waals surface area contributed by atoms with Gasteiger partial charge in [-0.1, -0.05) is 28.1 Å². The lowest BCUT2D eigenvalue weighted by molar-refractivity contribution is -0.275. The molecule has 32 heavy (non-hydrogen) atoms. The van der Waals surface area contributed by atoms with Gasteiger partial charge in [0.05, 0.1) is 11.4 Å². The Bertz CT molecular complexity index is 963. The van der Waals surface area contributed by atoms with Gasteiger partial charge >= 0.3 is 12.7 Å². The molecule has 5 nitrogen and oxygen atoms in total. The van der Waals surface area contributed by atoms with Crippen molar-refractivity contribution in [3.8, 4) is 11.5 Å². The van der Waals surface area contributed by atoms with Crippen molar-refractivity contribution < 1.29 is 35.8 Å². The second-order valence-corrected chi connectivity index (χ2v) is 7.69. The molecule has 1 aliphatic rings. The van der Waals surface area contributed by atoms with E-state index in [0.717, 1.165) is 36.7 Å². The number of alkyl halides is 6. The van der Waals surface area contributed by atoms with Crippen LogP contribution in [0.2, 0.25) is 0 Å². The largest absolute Gasteiger partial charge is 0.573 e. The standard InChI is InChI=1S/C13H15F3N2O.C7H5BrF3NO/c1-18-6-4-9(5-7-18)10-2-3-12(11(17)8-10)19-13(14,15)16;8-4-1-2-6(5(12)3-4)13-7(9,10)11/h2-4,8H,5-7,17H2,1H3;1-3H,12H2. The first-order valence-electron chi connectivity index (χ1n) is 9.07. The normalized spacial score (nSPS) is 14.8. The molecule has 0 amide bonds. The van der Waals surface area contributed by atoms with Crippen LogP contribution in [0.5, 0.6) is 11.5 Å². The Kier molecular flexibility index (Phi) is 8.29. The first-order valence-corrected chi connectivity index (χ1v) is 9.87. The molecule has 3 rings (SSSR count). The lowest BCUT2D eigenvalue weighted by Gasteiger charge is -2.22. The minimum Gasteiger partial charge on any atom is -0.404 e. The van der Waals surface area contributed by atoms with Crippen LogP contribution in [0.1, 0.15) is 12.0 Å². The lowest BCUT2D eigenvalue weighted by Crippen LogP contribution is -2.23. The molecule has 1 aliphatic heterocycles. The summed E-state index contributed by atoms with van der Waals surface area (Å²) in [7, 11) is 2.02. The molecule has 1 heterocycles. The third-order valence-electron chi connectivity index (χ3n) is 4.22. The Labute approximate surface area is 188 Å². The van der Waals surface area contributed by atoms with Crippen molar-refractivity contribution >= 4 is 32.9 Å². The summed E-state index contributed by atoms with van der Waals surface area (Å²) in [4.78, 5) is 2.16. The van der Waals surface area contributed by atoms with E-state index in [2.05, 4.69) is 36.4 Å². The second kappa shape index (κ2) is 10.3. The van der Waals surface area contributed by atoms with E-state index in [0.29, 0.717) is 4.47 Å². The third kappa shape index (κ3) is 8.50. The van der Waals surface area contributed by atoms with Crippen LogP contribution in [0.15, 0.2) is 46.9 Å². The topological polar surface area (TPSA) is 73.7 Å². The van der Waals surface area contributed by atoms with Crippen molar-refractivity contribution in [2.75, 3.05) is 31.6 Å². The molecule has 0 aromatic heterocycles. The molecule has 0 aliphatic carbocycles. The number of nitrogens with zero attached hydrogens (tertiary/aromatic N) is 1. The second-order valence-electron chi connectivity index (χ2n) is 6.77. The smallest absolute Gasteiger partial charge is 0.404 e. The third-order valence-corrected chi connectivity index (χ3v) is 4.71. The summed E-state index contributed by atoms with van der Waals surface area (Å²) in [6, 6.07) is 8.29. The molecule has 4 N–H and O–H groups in total. The molecule has 0 saturated heterocycles. The predicted octanol–water partition coefficient (Wildman–Crippen LogP) is 5.82. The van der Waals surface area contributed by atoms with E-state index in [-0.39, 0.29) is 17.1 Å². The van der Waals surface area contributed by atoms with Crippen molar-refractivity contribution in [1.29, 1.82) is 0 Å². The first kappa shape index (κ1) is 25.7. The summed E-state index contributed by atoms with van der Waals surface area (Å²) in [6.07, 6.45) is -6.51. The van der Waals surface area contributed by atoms with Crippen LogP contribution in [-0.4, -0.2) is 37.8 Å². The number of ether oxygens (including phenoxy) is 2. The molecule has 0 unspecified atom stereocenters. The number of halogens is 7. The number of likely N-dealkylation sites (N-methyl/N-ethyl adjacent to an activating group) is 1. The first-order chi connectivity index (χ1) is 14.7. The summed E-state index contributed by atoms with van der Waals surface area (Å²) in [6.45, 7) is 1.75. The van der Waals surface area contributed by atoms with E-state index >= 15 is 0 Å². The quantitative estimate of drug-likeness (QED) is 0.389. The monoisotopic (exact) mass is 527 g/mol. The SMILES string of the molecule is CN1CC=C(c2ccc(OC(F)(F)F)c(N)c2)CC1.Nc1cc(Br)ccc1OC(F)(F)F. The van der Waals surface area contributed by atoms with Gasteiger partial charge in [0.15, 0.2) is 11.5 Å². The van der Waals surface area contributed by atoms with Crippen molar-refractivity contribution in [1.82, 2.24) is 4.90 Å². The molecule has 0 radical (unpaired) electrons. The van der Waals surface area contributed by atoms with E-state index in [1.807, 2.05) is 7.05 Å². The highest BCUT2D eigenvalue weighted by atomic mass is 79.9. The Hall–Kier alpha value is -2.60. The van der Waals surface area contributed by atoms with Crippen LogP contribution < -0.4 is 20.9 Å². The molecule has 0 saturated carbocycles. The molecule has 176 valence electrons. The zero-order valence-electron chi connectivity index (χ0n) is 16.7. The van der Waals surface area contributed by atoms with E-state index in [1.165, 1.54) is 24.3 Å². The highest BCUT2D eigenvalue weighted by Crippen LogP contribution is 2.32. The minimum absolute atomic E-state index is 0.00495. The molecule has 12 heteroatoms. The van der Waals surface area contributed by atoms with Gasteiger partial charge in [0.2, 0.25) is 0 Å². The Morgan fingerprint density at radius 2 is 1.41 bits per heavy atom. The van der Waals surface area contributed by atoms with Gasteiger partial charge in [-0.2, -0.15) is 0 Å². The van der Waals surface area contributed by atoms with Crippen LogP contribution in [-0.2, 0) is 0 Å². The maximum atomic E-state index is 12.1. The van der Waals surface area contributed by atoms with Gasteiger partial charge in [-0.15, -0.1) is 26.3 Å². The number of nitrogens with two attached hydrogens (primary N) is 2. The van der Waals surface area contributed by atoms with Gasteiger partial charge in [0.1, 0.15) is 0 Å². The Morgan fingerprint density at radius 3 is 1.84 bits per heavy atom. The van der Waals surface area contributed by atoms with Gasteiger partial charge in [-0.3, -0.25) is 0 Å². The Morgan fingerprint density at radius 1 is 0.875 bits per heavy atom. The van der Waals surface area contributed by atoms with E-state index in [1.54, 1.807) is 6.07 Å². The summed E-state index contributed by atoms with van der Waals surface area (Å²) in [5.41, 5.74) is 12.8. The average Bonchev–Trinajstić information content (AvgIpc) is 2.65. The molecule has 2 aromatic carbocycles. The number of nitrogen functional groups attached to an aromatic ring is 2. The van der Waals surface area contributed by atoms with Gasteiger partial charge in [-0.05, 0) is 54.9 Å². The maximum absolute atomic E-state index is 12.1. The minimum atomic E-state index is -4.72. The van der Waals surface area contributed by atoms with Crippen LogP contribution in [0.4, 0.5) is 37.7 Å².